The van der Waals surface area contributed by atoms with Crippen molar-refractivity contribution in [3.05, 3.63) is 95.8 Å². The van der Waals surface area contributed by atoms with Crippen LogP contribution >= 0.6 is 0 Å². The largest absolute Gasteiger partial charge is 0.488 e. The molecule has 5 nitrogen and oxygen atoms in total. The van der Waals surface area contributed by atoms with Crippen LogP contribution in [0.25, 0.3) is 0 Å². The van der Waals surface area contributed by atoms with Crippen LogP contribution in [0.15, 0.2) is 72.8 Å². The number of quaternary nitrogens is 1. The third-order valence-corrected chi connectivity index (χ3v) is 7.56. The van der Waals surface area contributed by atoms with Gasteiger partial charge in [0.2, 0.25) is 0 Å². The second-order valence-electron chi connectivity index (χ2n) is 9.92. The zero-order valence-electron chi connectivity index (χ0n) is 20.5. The predicted molar refractivity (Wildman–Crippen MR) is 134 cm³/mol. The SMILES string of the molecule is O=C(O[C@H]1C[N+]2(CCOc3ccc(F)cc3)CCC1CC2)N(Cc1ccc(F)cc1)c1ccccc1F. The highest BCUT2D eigenvalue weighted by Gasteiger charge is 2.48. The second kappa shape index (κ2) is 10.8. The zero-order valence-corrected chi connectivity index (χ0v) is 20.5. The molecule has 3 saturated heterocycles. The van der Waals surface area contributed by atoms with Crippen molar-refractivity contribution >= 4 is 11.8 Å². The van der Waals surface area contributed by atoms with E-state index in [4.69, 9.17) is 9.47 Å². The number of carbonyl (C=O) groups excluding carboxylic acids is 1. The van der Waals surface area contributed by atoms with E-state index in [2.05, 4.69) is 0 Å². The molecule has 0 N–H and O–H groups in total. The molecule has 0 aliphatic carbocycles. The van der Waals surface area contributed by atoms with E-state index in [9.17, 15) is 18.0 Å². The van der Waals surface area contributed by atoms with Gasteiger partial charge in [-0.25, -0.2) is 18.0 Å². The number of benzene rings is 3. The van der Waals surface area contributed by atoms with Crippen molar-refractivity contribution in [2.24, 2.45) is 5.92 Å². The lowest BCUT2D eigenvalue weighted by Gasteiger charge is -2.52. The summed E-state index contributed by atoms with van der Waals surface area (Å²) in [6, 6.07) is 17.8. The van der Waals surface area contributed by atoms with E-state index in [1.807, 2.05) is 0 Å². The third-order valence-electron chi connectivity index (χ3n) is 7.56. The first-order valence-corrected chi connectivity index (χ1v) is 12.6. The summed E-state index contributed by atoms with van der Waals surface area (Å²) in [6.45, 7) is 3.93. The first-order valence-electron chi connectivity index (χ1n) is 12.6. The van der Waals surface area contributed by atoms with E-state index < -0.39 is 11.9 Å². The molecule has 1 atom stereocenters. The van der Waals surface area contributed by atoms with Crippen LogP contribution in [0, 0.1) is 23.4 Å². The lowest BCUT2D eigenvalue weighted by Crippen LogP contribution is -2.65. The molecule has 0 unspecified atom stereocenters. The van der Waals surface area contributed by atoms with Gasteiger partial charge in [0.25, 0.3) is 0 Å². The van der Waals surface area contributed by atoms with E-state index in [1.54, 1.807) is 36.4 Å². The molecule has 3 heterocycles. The molecule has 3 aliphatic rings. The summed E-state index contributed by atoms with van der Waals surface area (Å²) < 4.78 is 53.9. The van der Waals surface area contributed by atoms with Gasteiger partial charge in [-0.15, -0.1) is 0 Å². The van der Waals surface area contributed by atoms with Gasteiger partial charge in [0.15, 0.2) is 6.10 Å². The summed E-state index contributed by atoms with van der Waals surface area (Å²) in [5.41, 5.74) is 0.784. The molecule has 194 valence electrons. The van der Waals surface area contributed by atoms with E-state index in [1.165, 1.54) is 41.3 Å². The molecule has 6 rings (SSSR count). The average molecular weight is 512 g/mol. The fourth-order valence-electron chi connectivity index (χ4n) is 5.44. The van der Waals surface area contributed by atoms with Gasteiger partial charge >= 0.3 is 6.09 Å². The van der Waals surface area contributed by atoms with Crippen molar-refractivity contribution in [2.75, 3.05) is 37.7 Å². The van der Waals surface area contributed by atoms with Gasteiger partial charge in [0, 0.05) is 18.8 Å². The molecule has 3 fully saturated rings. The minimum absolute atomic E-state index is 0.0585. The molecular weight excluding hydrogens is 481 g/mol. The maximum Gasteiger partial charge on any atom is 0.415 e. The number of rotatable bonds is 8. The first kappa shape index (κ1) is 25.1. The Labute approximate surface area is 214 Å². The third kappa shape index (κ3) is 5.91. The summed E-state index contributed by atoms with van der Waals surface area (Å²) in [4.78, 5) is 14.7. The van der Waals surface area contributed by atoms with Gasteiger partial charge in [0.1, 0.15) is 42.9 Å². The van der Waals surface area contributed by atoms with Crippen LogP contribution in [0.2, 0.25) is 0 Å². The average Bonchev–Trinajstić information content (AvgIpc) is 2.90. The Kier molecular flexibility index (Phi) is 7.37. The minimum atomic E-state index is -0.617. The number of hydrogen-bond acceptors (Lipinski definition) is 3. The molecule has 1 amide bonds. The summed E-state index contributed by atoms with van der Waals surface area (Å²) in [5.74, 6) is -0.336. The molecule has 0 radical (unpaired) electrons. The van der Waals surface area contributed by atoms with Crippen LogP contribution in [0.1, 0.15) is 18.4 Å². The molecule has 0 saturated carbocycles. The fraction of sp³-hybridized carbons (Fsp3) is 0.345. The number of piperidine rings is 3. The van der Waals surface area contributed by atoms with Crippen LogP contribution in [0.4, 0.5) is 23.7 Å². The number of para-hydroxylation sites is 1. The van der Waals surface area contributed by atoms with Crippen LogP contribution in [0.3, 0.4) is 0 Å². The number of amides is 1. The van der Waals surface area contributed by atoms with Crippen molar-refractivity contribution in [1.82, 2.24) is 0 Å². The Morgan fingerprint density at radius 3 is 2.22 bits per heavy atom. The number of fused-ring (bicyclic) bond motifs is 3. The van der Waals surface area contributed by atoms with E-state index in [0.717, 1.165) is 37.0 Å². The topological polar surface area (TPSA) is 38.8 Å². The Bertz CT molecular complexity index is 1210. The molecule has 3 aliphatic heterocycles. The molecule has 2 bridgehead atoms. The number of anilines is 1. The van der Waals surface area contributed by atoms with Crippen LogP contribution in [0.5, 0.6) is 5.75 Å². The van der Waals surface area contributed by atoms with Gasteiger partial charge in [-0.3, -0.25) is 4.90 Å². The zero-order chi connectivity index (χ0) is 25.8. The molecule has 3 aromatic rings. The van der Waals surface area contributed by atoms with Crippen molar-refractivity contribution in [3.63, 3.8) is 0 Å². The van der Waals surface area contributed by atoms with Crippen LogP contribution in [-0.2, 0) is 11.3 Å². The normalized spacial score (nSPS) is 22.5. The highest BCUT2D eigenvalue weighted by atomic mass is 19.1. The fourth-order valence-corrected chi connectivity index (χ4v) is 5.44. The van der Waals surface area contributed by atoms with Gasteiger partial charge in [-0.05, 0) is 54.1 Å². The second-order valence-corrected chi connectivity index (χ2v) is 9.92. The number of nitrogens with zero attached hydrogens (tertiary/aromatic N) is 2. The highest BCUT2D eigenvalue weighted by molar-refractivity contribution is 5.87. The van der Waals surface area contributed by atoms with Crippen LogP contribution in [-0.4, -0.2) is 49.5 Å². The molecule has 37 heavy (non-hydrogen) atoms. The lowest BCUT2D eigenvalue weighted by atomic mass is 9.83. The smallest absolute Gasteiger partial charge is 0.415 e. The number of halogens is 3. The predicted octanol–water partition coefficient (Wildman–Crippen LogP) is 5.94. The number of carbonyl (C=O) groups is 1. The minimum Gasteiger partial charge on any atom is -0.488 e. The maximum absolute atomic E-state index is 14.7. The monoisotopic (exact) mass is 511 g/mol. The molecule has 0 aromatic heterocycles. The van der Waals surface area contributed by atoms with Crippen LogP contribution < -0.4 is 9.64 Å². The lowest BCUT2D eigenvalue weighted by molar-refractivity contribution is -0.946. The van der Waals surface area contributed by atoms with Crippen molar-refractivity contribution < 1.29 is 31.9 Å². The molecule has 3 aromatic carbocycles. The van der Waals surface area contributed by atoms with Crippen molar-refractivity contribution in [2.45, 2.75) is 25.5 Å². The van der Waals surface area contributed by atoms with Gasteiger partial charge in [-0.1, -0.05) is 24.3 Å². The Morgan fingerprint density at radius 2 is 1.54 bits per heavy atom. The van der Waals surface area contributed by atoms with Gasteiger partial charge < -0.3 is 14.0 Å². The van der Waals surface area contributed by atoms with E-state index >= 15 is 0 Å². The Hall–Kier alpha value is -3.52. The molecule has 8 heteroatoms. The Balaban J connectivity index is 1.27. The van der Waals surface area contributed by atoms with Crippen molar-refractivity contribution in [1.29, 1.82) is 0 Å². The molecular formula is C29H30F3N2O3+. The standard InChI is InChI=1S/C29H30F3N2O3/c30-23-7-5-21(6-8-23)19-33(27-4-2-1-3-26(27)32)29(35)37-28-20-34(15-13-22(28)14-16-34)17-18-36-25-11-9-24(31)10-12-25/h1-12,22,28H,13-20H2/q+1/t22?,28-,34?/m0/s1. The first-order chi connectivity index (χ1) is 17.9. The number of hydrogen-bond donors (Lipinski definition) is 0. The van der Waals surface area contributed by atoms with Gasteiger partial charge in [-0.2, -0.15) is 0 Å². The van der Waals surface area contributed by atoms with E-state index in [0.29, 0.717) is 24.5 Å². The summed E-state index contributed by atoms with van der Waals surface area (Å²) in [6.07, 6.45) is 0.968. The highest BCUT2D eigenvalue weighted by Crippen LogP contribution is 2.36. The Morgan fingerprint density at radius 1 is 0.892 bits per heavy atom. The summed E-state index contributed by atoms with van der Waals surface area (Å²) in [7, 11) is 0. The molecule has 0 spiro atoms. The summed E-state index contributed by atoms with van der Waals surface area (Å²) in [5, 5.41) is 0. The number of ether oxygens (including phenoxy) is 2. The van der Waals surface area contributed by atoms with Gasteiger partial charge in [0.05, 0.1) is 25.3 Å². The summed E-state index contributed by atoms with van der Waals surface area (Å²) >= 11 is 0. The van der Waals surface area contributed by atoms with Crippen molar-refractivity contribution in [3.8, 4) is 5.75 Å². The van der Waals surface area contributed by atoms with E-state index in [-0.39, 0.29) is 35.9 Å². The quantitative estimate of drug-likeness (QED) is 0.352. The maximum atomic E-state index is 14.7.